The summed E-state index contributed by atoms with van der Waals surface area (Å²) >= 11 is 0. The Morgan fingerprint density at radius 1 is 1.09 bits per heavy atom. The van der Waals surface area contributed by atoms with Crippen LogP contribution in [-0.4, -0.2) is 54.9 Å². The Labute approximate surface area is 131 Å². The molecule has 0 aromatic carbocycles. The summed E-state index contributed by atoms with van der Waals surface area (Å²) < 4.78 is 23.0. The van der Waals surface area contributed by atoms with Gasteiger partial charge in [0.2, 0.25) is 5.91 Å². The van der Waals surface area contributed by atoms with Gasteiger partial charge in [0.1, 0.15) is 15.4 Å². The quantitative estimate of drug-likeness (QED) is 0.795. The third-order valence-corrected chi connectivity index (χ3v) is 6.28. The summed E-state index contributed by atoms with van der Waals surface area (Å²) in [7, 11) is -1.58. The number of amides is 1. The van der Waals surface area contributed by atoms with Crippen LogP contribution in [0.2, 0.25) is 0 Å². The highest BCUT2D eigenvalue weighted by Gasteiger charge is 2.50. The number of likely N-dealkylation sites (N-methyl/N-ethyl adjacent to an activating group) is 1. The summed E-state index contributed by atoms with van der Waals surface area (Å²) in [5.41, 5.74) is -1.58. The lowest BCUT2D eigenvalue weighted by atomic mass is 9.80. The van der Waals surface area contributed by atoms with Gasteiger partial charge in [-0.1, -0.05) is 19.3 Å². The third kappa shape index (κ3) is 3.62. The lowest BCUT2D eigenvalue weighted by molar-refractivity contribution is -0.160. The van der Waals surface area contributed by atoms with Crippen molar-refractivity contribution in [3.05, 3.63) is 0 Å². The van der Waals surface area contributed by atoms with Crippen LogP contribution < -0.4 is 0 Å². The van der Waals surface area contributed by atoms with E-state index in [2.05, 4.69) is 0 Å². The number of nitrogens with zero attached hydrogens (tertiary/aromatic N) is 1. The van der Waals surface area contributed by atoms with Crippen molar-refractivity contribution in [3.63, 3.8) is 0 Å². The number of carboxylic acids is 1. The SMILES string of the molecule is CN(C(=O)CC1(CS(C)(=O)=O)CC1)C1(C(=O)O)CCCCC1. The molecule has 2 fully saturated rings. The predicted molar refractivity (Wildman–Crippen MR) is 82.2 cm³/mol. The van der Waals surface area contributed by atoms with Crippen molar-refractivity contribution in [1.82, 2.24) is 4.90 Å². The normalized spacial score (nSPS) is 22.8. The molecule has 2 aliphatic carbocycles. The van der Waals surface area contributed by atoms with E-state index in [1.165, 1.54) is 11.2 Å². The summed E-state index contributed by atoms with van der Waals surface area (Å²) in [6.07, 6.45) is 6.31. The lowest BCUT2D eigenvalue weighted by Crippen LogP contribution is -2.56. The van der Waals surface area contributed by atoms with Gasteiger partial charge >= 0.3 is 5.97 Å². The molecule has 0 bridgehead atoms. The van der Waals surface area contributed by atoms with Crippen LogP contribution in [0.25, 0.3) is 0 Å². The van der Waals surface area contributed by atoms with Gasteiger partial charge in [-0.2, -0.15) is 0 Å². The van der Waals surface area contributed by atoms with Crippen LogP contribution in [0.1, 0.15) is 51.4 Å². The maximum atomic E-state index is 12.6. The van der Waals surface area contributed by atoms with Crippen molar-refractivity contribution >= 4 is 21.7 Å². The average molecular weight is 331 g/mol. The molecule has 0 radical (unpaired) electrons. The molecule has 1 amide bonds. The zero-order valence-electron chi connectivity index (χ0n) is 13.3. The van der Waals surface area contributed by atoms with E-state index in [9.17, 15) is 23.1 Å². The molecule has 126 valence electrons. The molecule has 2 aliphatic rings. The number of hydrogen-bond acceptors (Lipinski definition) is 4. The van der Waals surface area contributed by atoms with E-state index in [0.717, 1.165) is 32.1 Å². The van der Waals surface area contributed by atoms with Crippen LogP contribution in [0, 0.1) is 5.41 Å². The summed E-state index contributed by atoms with van der Waals surface area (Å²) in [6.45, 7) is 0. The minimum absolute atomic E-state index is 0.0135. The number of rotatable bonds is 6. The number of sulfone groups is 1. The van der Waals surface area contributed by atoms with Gasteiger partial charge in [0.25, 0.3) is 0 Å². The minimum Gasteiger partial charge on any atom is -0.479 e. The molecule has 0 aliphatic heterocycles. The van der Waals surface area contributed by atoms with Gasteiger partial charge in [0.15, 0.2) is 0 Å². The van der Waals surface area contributed by atoms with E-state index in [1.54, 1.807) is 7.05 Å². The fourth-order valence-electron chi connectivity index (χ4n) is 3.61. The van der Waals surface area contributed by atoms with Crippen molar-refractivity contribution in [1.29, 1.82) is 0 Å². The van der Waals surface area contributed by atoms with E-state index in [1.807, 2.05) is 0 Å². The van der Waals surface area contributed by atoms with Gasteiger partial charge in [0, 0.05) is 19.7 Å². The Balaban J connectivity index is 2.09. The van der Waals surface area contributed by atoms with Crippen molar-refractivity contribution in [2.45, 2.75) is 56.9 Å². The molecular formula is C15H25NO5S. The highest BCUT2D eigenvalue weighted by molar-refractivity contribution is 7.90. The first-order valence-electron chi connectivity index (χ1n) is 7.78. The average Bonchev–Trinajstić information content (AvgIpc) is 3.15. The first-order valence-corrected chi connectivity index (χ1v) is 9.84. The van der Waals surface area contributed by atoms with Crippen LogP contribution in [-0.2, 0) is 19.4 Å². The molecule has 0 aromatic heterocycles. The number of aliphatic carboxylic acids is 1. The van der Waals surface area contributed by atoms with E-state index in [4.69, 9.17) is 0 Å². The van der Waals surface area contributed by atoms with Gasteiger partial charge in [-0.3, -0.25) is 4.79 Å². The molecule has 0 heterocycles. The van der Waals surface area contributed by atoms with E-state index < -0.39 is 26.8 Å². The van der Waals surface area contributed by atoms with Crippen molar-refractivity contribution < 1.29 is 23.1 Å². The molecule has 2 rings (SSSR count). The van der Waals surface area contributed by atoms with Gasteiger partial charge in [-0.15, -0.1) is 0 Å². The van der Waals surface area contributed by atoms with Gasteiger partial charge in [-0.25, -0.2) is 13.2 Å². The maximum absolute atomic E-state index is 12.6. The van der Waals surface area contributed by atoms with E-state index in [0.29, 0.717) is 12.8 Å². The molecule has 0 aromatic rings. The smallest absolute Gasteiger partial charge is 0.329 e. The molecule has 0 spiro atoms. The van der Waals surface area contributed by atoms with Gasteiger partial charge < -0.3 is 10.0 Å². The molecule has 2 saturated carbocycles. The number of carboxylic acid groups (broad SMARTS) is 1. The Morgan fingerprint density at radius 3 is 2.05 bits per heavy atom. The van der Waals surface area contributed by atoms with Crippen LogP contribution in [0.3, 0.4) is 0 Å². The Morgan fingerprint density at radius 2 is 1.64 bits per heavy atom. The van der Waals surface area contributed by atoms with Crippen molar-refractivity contribution in [2.75, 3.05) is 19.1 Å². The Kier molecular flexibility index (Phi) is 4.57. The predicted octanol–water partition coefficient (Wildman–Crippen LogP) is 1.45. The first-order chi connectivity index (χ1) is 10.1. The second kappa shape index (κ2) is 5.83. The highest BCUT2D eigenvalue weighted by Crippen LogP contribution is 2.50. The number of carbonyl (C=O) groups excluding carboxylic acids is 1. The number of carbonyl (C=O) groups is 2. The molecule has 1 N–H and O–H groups in total. The molecule has 22 heavy (non-hydrogen) atoms. The summed E-state index contributed by atoms with van der Waals surface area (Å²) in [4.78, 5) is 25.7. The van der Waals surface area contributed by atoms with E-state index in [-0.39, 0.29) is 18.1 Å². The molecular weight excluding hydrogens is 306 g/mol. The number of hydrogen-bond donors (Lipinski definition) is 1. The summed E-state index contributed by atoms with van der Waals surface area (Å²) in [6, 6.07) is 0. The molecule has 0 unspecified atom stereocenters. The third-order valence-electron chi connectivity index (χ3n) is 5.15. The lowest BCUT2D eigenvalue weighted by Gasteiger charge is -2.41. The molecule has 0 saturated heterocycles. The van der Waals surface area contributed by atoms with Gasteiger partial charge in [0.05, 0.1) is 5.75 Å². The largest absolute Gasteiger partial charge is 0.479 e. The van der Waals surface area contributed by atoms with Crippen molar-refractivity contribution in [3.8, 4) is 0 Å². The van der Waals surface area contributed by atoms with Crippen molar-refractivity contribution in [2.24, 2.45) is 5.41 Å². The molecule has 7 heteroatoms. The highest BCUT2D eigenvalue weighted by atomic mass is 32.2. The first kappa shape index (κ1) is 17.2. The zero-order chi connectivity index (χ0) is 16.6. The van der Waals surface area contributed by atoms with Crippen LogP contribution >= 0.6 is 0 Å². The minimum atomic E-state index is -3.13. The maximum Gasteiger partial charge on any atom is 0.329 e. The topological polar surface area (TPSA) is 91.8 Å². The zero-order valence-corrected chi connectivity index (χ0v) is 14.1. The monoisotopic (exact) mass is 331 g/mol. The molecule has 0 atom stereocenters. The standard InChI is InChI=1S/C15H25NO5S/c1-16(15(13(18)19)6-4-3-5-7-15)12(17)10-14(8-9-14)11-22(2,20)21/h3-11H2,1-2H3,(H,18,19). The van der Waals surface area contributed by atoms with E-state index >= 15 is 0 Å². The van der Waals surface area contributed by atoms with Gasteiger partial charge in [-0.05, 0) is 31.1 Å². The van der Waals surface area contributed by atoms with Crippen LogP contribution in [0.4, 0.5) is 0 Å². The summed E-state index contributed by atoms with van der Waals surface area (Å²) in [5.74, 6) is -1.18. The molecule has 6 nitrogen and oxygen atoms in total. The second-order valence-corrected chi connectivity index (χ2v) is 9.24. The van der Waals surface area contributed by atoms with Crippen LogP contribution in [0.15, 0.2) is 0 Å². The summed E-state index contributed by atoms with van der Waals surface area (Å²) in [5, 5.41) is 9.62. The second-order valence-electron chi connectivity index (χ2n) is 7.10. The fraction of sp³-hybridized carbons (Fsp3) is 0.867. The Hall–Kier alpha value is -1.11. The fourth-order valence-corrected chi connectivity index (χ4v) is 5.12. The Bertz CT molecular complexity index is 558. The van der Waals surface area contributed by atoms with Crippen LogP contribution in [0.5, 0.6) is 0 Å².